The normalized spacial score (nSPS) is 9.10. The fourth-order valence-electron chi connectivity index (χ4n) is 0.701. The van der Waals surface area contributed by atoms with E-state index in [1.165, 1.54) is 11.1 Å². The summed E-state index contributed by atoms with van der Waals surface area (Å²) >= 11 is 0. The lowest BCUT2D eigenvalue weighted by Gasteiger charge is -1.98. The molecule has 0 aliphatic heterocycles. The van der Waals surface area contributed by atoms with Gasteiger partial charge in [-0.2, -0.15) is 0 Å². The van der Waals surface area contributed by atoms with Gasteiger partial charge in [0.15, 0.2) is 0 Å². The van der Waals surface area contributed by atoms with Gasteiger partial charge in [0.1, 0.15) is 0 Å². The second kappa shape index (κ2) is 5.28. The summed E-state index contributed by atoms with van der Waals surface area (Å²) in [5.41, 5.74) is 2.65. The summed E-state index contributed by atoms with van der Waals surface area (Å²) in [4.78, 5) is 0. The van der Waals surface area contributed by atoms with E-state index in [1.54, 1.807) is 0 Å². The average Bonchev–Trinajstić information content (AvgIpc) is 1.85. The van der Waals surface area contributed by atoms with Crippen LogP contribution < -0.4 is 0 Å². The third kappa shape index (κ3) is 5.61. The van der Waals surface area contributed by atoms with Crippen molar-refractivity contribution in [2.45, 2.75) is 33.1 Å². The van der Waals surface area contributed by atoms with Crippen LogP contribution in [0.15, 0.2) is 23.8 Å². The quantitative estimate of drug-likeness (QED) is 0.520. The van der Waals surface area contributed by atoms with E-state index in [4.69, 9.17) is 0 Å². The van der Waals surface area contributed by atoms with E-state index in [1.807, 2.05) is 0 Å². The second-order valence-corrected chi connectivity index (χ2v) is 2.84. The molecule has 0 rings (SSSR count). The van der Waals surface area contributed by atoms with Crippen LogP contribution in [0.25, 0.3) is 0 Å². The first kappa shape index (κ1) is 9.48. The van der Waals surface area contributed by atoms with Crippen molar-refractivity contribution in [2.75, 3.05) is 0 Å². The molecule has 0 atom stereocenters. The van der Waals surface area contributed by atoms with Gasteiger partial charge in [-0.05, 0) is 33.1 Å². The molecule has 10 heavy (non-hydrogen) atoms. The van der Waals surface area contributed by atoms with Gasteiger partial charge in [-0.25, -0.2) is 0 Å². The Labute approximate surface area is 64.6 Å². The Morgan fingerprint density at radius 3 is 2.40 bits per heavy atom. The predicted molar refractivity (Wildman–Crippen MR) is 47.8 cm³/mol. The lowest BCUT2D eigenvalue weighted by atomic mass is 10.1. The summed E-state index contributed by atoms with van der Waals surface area (Å²) in [6.07, 6.45) is 5.26. The first-order valence-corrected chi connectivity index (χ1v) is 3.76. The maximum Gasteiger partial charge on any atom is -0.0139 e. The lowest BCUT2D eigenvalue weighted by Crippen LogP contribution is -1.78. The highest BCUT2D eigenvalue weighted by molar-refractivity contribution is 5.05. The molecular formula is C10H17. The second-order valence-electron chi connectivity index (χ2n) is 2.84. The molecule has 0 aliphatic rings. The smallest absolute Gasteiger partial charge is 0.0139 e. The molecule has 0 aromatic rings. The fourth-order valence-corrected chi connectivity index (χ4v) is 0.701. The Morgan fingerprint density at radius 1 is 1.40 bits per heavy atom. The third-order valence-corrected chi connectivity index (χ3v) is 1.33. The van der Waals surface area contributed by atoms with Crippen LogP contribution in [0.4, 0.5) is 0 Å². The summed E-state index contributed by atoms with van der Waals surface area (Å²) in [6, 6.07) is 0. The van der Waals surface area contributed by atoms with Crippen LogP contribution in [0.1, 0.15) is 33.1 Å². The van der Waals surface area contributed by atoms with E-state index in [2.05, 4.69) is 33.4 Å². The molecule has 0 aromatic carbocycles. The maximum absolute atomic E-state index is 3.93. The van der Waals surface area contributed by atoms with Gasteiger partial charge in [0.25, 0.3) is 0 Å². The standard InChI is InChI=1S/C10H17/c1-5-6-10(4)8-7-9(2)3/h7H,1,4-6,8H2,2-3H3. The zero-order valence-electron chi connectivity index (χ0n) is 7.11. The van der Waals surface area contributed by atoms with Gasteiger partial charge in [0, 0.05) is 0 Å². The molecule has 0 heteroatoms. The van der Waals surface area contributed by atoms with Crippen LogP contribution in [-0.2, 0) is 0 Å². The first-order valence-electron chi connectivity index (χ1n) is 3.76. The third-order valence-electron chi connectivity index (χ3n) is 1.33. The van der Waals surface area contributed by atoms with Gasteiger partial charge >= 0.3 is 0 Å². The molecule has 0 N–H and O–H groups in total. The molecule has 0 nitrogen and oxygen atoms in total. The van der Waals surface area contributed by atoms with E-state index < -0.39 is 0 Å². The van der Waals surface area contributed by atoms with Crippen LogP contribution in [0.2, 0.25) is 0 Å². The van der Waals surface area contributed by atoms with Crippen LogP contribution in [0.5, 0.6) is 0 Å². The van der Waals surface area contributed by atoms with Crippen LogP contribution in [0, 0.1) is 6.92 Å². The summed E-state index contributed by atoms with van der Waals surface area (Å²) in [6.45, 7) is 11.9. The van der Waals surface area contributed by atoms with Crippen molar-refractivity contribution >= 4 is 0 Å². The molecule has 0 fully saturated rings. The molecule has 0 saturated carbocycles. The monoisotopic (exact) mass is 137 g/mol. The minimum Gasteiger partial charge on any atom is -0.0995 e. The molecule has 0 unspecified atom stereocenters. The van der Waals surface area contributed by atoms with E-state index >= 15 is 0 Å². The largest absolute Gasteiger partial charge is 0.0995 e. The Hall–Kier alpha value is -0.520. The number of hydrogen-bond donors (Lipinski definition) is 0. The van der Waals surface area contributed by atoms with Gasteiger partial charge in [-0.15, -0.1) is 0 Å². The minimum absolute atomic E-state index is 0.968. The van der Waals surface area contributed by atoms with Crippen molar-refractivity contribution in [3.05, 3.63) is 30.7 Å². The van der Waals surface area contributed by atoms with Gasteiger partial charge in [-0.1, -0.05) is 30.7 Å². The van der Waals surface area contributed by atoms with Crippen molar-refractivity contribution in [3.63, 3.8) is 0 Å². The highest BCUT2D eigenvalue weighted by Crippen LogP contribution is 2.08. The highest BCUT2D eigenvalue weighted by atomic mass is 13.9. The molecular weight excluding hydrogens is 120 g/mol. The SMILES string of the molecule is [CH2]CCC(=C)CC=C(C)C. The van der Waals surface area contributed by atoms with Crippen molar-refractivity contribution in [1.82, 2.24) is 0 Å². The van der Waals surface area contributed by atoms with Crippen molar-refractivity contribution in [3.8, 4) is 0 Å². The molecule has 0 saturated heterocycles. The highest BCUT2D eigenvalue weighted by Gasteiger charge is 1.88. The van der Waals surface area contributed by atoms with E-state index in [-0.39, 0.29) is 0 Å². The summed E-state index contributed by atoms with van der Waals surface area (Å²) < 4.78 is 0. The summed E-state index contributed by atoms with van der Waals surface area (Å²) in [7, 11) is 0. The molecule has 0 aliphatic carbocycles. The van der Waals surface area contributed by atoms with Gasteiger partial charge in [0.2, 0.25) is 0 Å². The molecule has 0 aromatic heterocycles. The maximum atomic E-state index is 3.93. The van der Waals surface area contributed by atoms with Crippen LogP contribution in [-0.4, -0.2) is 0 Å². The van der Waals surface area contributed by atoms with Crippen LogP contribution in [0.3, 0.4) is 0 Å². The number of allylic oxidation sites excluding steroid dienone is 3. The van der Waals surface area contributed by atoms with Gasteiger partial charge < -0.3 is 0 Å². The average molecular weight is 137 g/mol. The number of hydrogen-bond acceptors (Lipinski definition) is 0. The molecule has 57 valence electrons. The Balaban J connectivity index is 3.49. The van der Waals surface area contributed by atoms with Crippen molar-refractivity contribution in [2.24, 2.45) is 0 Å². The topological polar surface area (TPSA) is 0 Å². The van der Waals surface area contributed by atoms with E-state index in [0.717, 1.165) is 19.3 Å². The first-order chi connectivity index (χ1) is 4.66. The van der Waals surface area contributed by atoms with Gasteiger partial charge in [-0.3, -0.25) is 0 Å². The Kier molecular flexibility index (Phi) is 5.00. The lowest BCUT2D eigenvalue weighted by molar-refractivity contribution is 0.940. The number of rotatable bonds is 4. The van der Waals surface area contributed by atoms with Crippen molar-refractivity contribution < 1.29 is 0 Å². The minimum atomic E-state index is 0.968. The Morgan fingerprint density at radius 2 is 2.00 bits per heavy atom. The van der Waals surface area contributed by atoms with Gasteiger partial charge in [0.05, 0.1) is 0 Å². The molecule has 1 radical (unpaired) electrons. The summed E-state index contributed by atoms with van der Waals surface area (Å²) in [5, 5.41) is 0. The zero-order valence-corrected chi connectivity index (χ0v) is 7.11. The fraction of sp³-hybridized carbons (Fsp3) is 0.500. The van der Waals surface area contributed by atoms with E-state index in [9.17, 15) is 0 Å². The van der Waals surface area contributed by atoms with E-state index in [0.29, 0.717) is 0 Å². The van der Waals surface area contributed by atoms with Crippen LogP contribution >= 0.6 is 0 Å². The molecule has 0 heterocycles. The molecule has 0 bridgehead atoms. The Bertz CT molecular complexity index is 125. The molecule has 0 amide bonds. The van der Waals surface area contributed by atoms with Crippen molar-refractivity contribution in [1.29, 1.82) is 0 Å². The zero-order chi connectivity index (χ0) is 7.98. The molecule has 0 spiro atoms. The predicted octanol–water partition coefficient (Wildman–Crippen LogP) is 3.51. The summed E-state index contributed by atoms with van der Waals surface area (Å²) in [5.74, 6) is 0.